The molecule has 1 N–H and O–H groups in total. The van der Waals surface area contributed by atoms with Crippen molar-refractivity contribution in [1.82, 2.24) is 29.8 Å². The standard InChI is InChI=1S/C27H26N8O3/c1-17-13-21(15-28-25(17)34-11-5-4-6-12-34)26(37)29-22-14-19(27(38-3)33-30-22)7-9-23-31-32-24-10-8-20(18(2)36)16-35(23)24/h8,10,13-16H,4-6,11-12H2,1-3H3,(H,29,30,37). The maximum atomic E-state index is 12.9. The molecule has 1 aliphatic rings. The summed E-state index contributed by atoms with van der Waals surface area (Å²) in [5, 5.41) is 19.0. The second-order valence-corrected chi connectivity index (χ2v) is 8.99. The summed E-state index contributed by atoms with van der Waals surface area (Å²) >= 11 is 0. The van der Waals surface area contributed by atoms with Gasteiger partial charge in [0, 0.05) is 37.1 Å². The van der Waals surface area contributed by atoms with E-state index in [-0.39, 0.29) is 23.4 Å². The number of ketones is 1. The number of amides is 1. The van der Waals surface area contributed by atoms with Crippen LogP contribution < -0.4 is 15.0 Å². The van der Waals surface area contributed by atoms with E-state index in [0.29, 0.717) is 28.2 Å². The number of aryl methyl sites for hydroxylation is 1. The Morgan fingerprint density at radius 1 is 1.00 bits per heavy atom. The molecule has 11 nitrogen and oxygen atoms in total. The van der Waals surface area contributed by atoms with Gasteiger partial charge in [0.15, 0.2) is 17.2 Å². The first kappa shape index (κ1) is 24.8. The van der Waals surface area contributed by atoms with E-state index < -0.39 is 0 Å². The zero-order valence-electron chi connectivity index (χ0n) is 21.4. The lowest BCUT2D eigenvalue weighted by atomic mass is 10.1. The van der Waals surface area contributed by atoms with E-state index in [1.807, 2.05) is 13.0 Å². The Morgan fingerprint density at radius 2 is 1.82 bits per heavy atom. The average Bonchev–Trinajstić information content (AvgIpc) is 3.34. The molecule has 11 heteroatoms. The Hall–Kier alpha value is -4.85. The molecular formula is C27H26N8O3. The summed E-state index contributed by atoms with van der Waals surface area (Å²) in [5.74, 6) is 7.11. The highest BCUT2D eigenvalue weighted by Gasteiger charge is 2.17. The number of carbonyl (C=O) groups is 2. The molecule has 0 atom stereocenters. The predicted molar refractivity (Wildman–Crippen MR) is 141 cm³/mol. The van der Waals surface area contributed by atoms with Crippen LogP contribution in [-0.2, 0) is 0 Å². The third kappa shape index (κ3) is 5.15. The summed E-state index contributed by atoms with van der Waals surface area (Å²) in [6.45, 7) is 5.41. The van der Waals surface area contributed by atoms with Crippen LogP contribution in [0, 0.1) is 18.8 Å². The second kappa shape index (κ2) is 10.6. The molecule has 0 saturated carbocycles. The maximum absolute atomic E-state index is 12.9. The number of aromatic nitrogens is 6. The summed E-state index contributed by atoms with van der Waals surface area (Å²) in [6.07, 6.45) is 6.76. The van der Waals surface area contributed by atoms with Gasteiger partial charge in [-0.1, -0.05) is 5.92 Å². The fourth-order valence-electron chi connectivity index (χ4n) is 4.31. The number of nitrogens with one attached hydrogen (secondary N) is 1. The molecule has 1 saturated heterocycles. The summed E-state index contributed by atoms with van der Waals surface area (Å²) in [5.41, 5.74) is 2.83. The first-order valence-corrected chi connectivity index (χ1v) is 12.3. The molecule has 0 aromatic carbocycles. The van der Waals surface area contributed by atoms with Crippen molar-refractivity contribution >= 4 is 29.0 Å². The van der Waals surface area contributed by atoms with E-state index in [0.717, 1.165) is 37.3 Å². The number of methoxy groups -OCH3 is 1. The molecule has 0 radical (unpaired) electrons. The van der Waals surface area contributed by atoms with Crippen LogP contribution in [0.2, 0.25) is 0 Å². The minimum atomic E-state index is -0.357. The summed E-state index contributed by atoms with van der Waals surface area (Å²) in [6, 6.07) is 6.79. The Balaban J connectivity index is 1.38. The van der Waals surface area contributed by atoms with Crippen molar-refractivity contribution in [2.45, 2.75) is 33.1 Å². The van der Waals surface area contributed by atoms with Gasteiger partial charge in [0.2, 0.25) is 11.7 Å². The lowest BCUT2D eigenvalue weighted by Gasteiger charge is -2.29. The fraction of sp³-hybridized carbons (Fsp3) is 0.296. The molecule has 5 rings (SSSR count). The van der Waals surface area contributed by atoms with Crippen LogP contribution in [0.25, 0.3) is 5.65 Å². The predicted octanol–water partition coefficient (Wildman–Crippen LogP) is 3.08. The van der Waals surface area contributed by atoms with Crippen molar-refractivity contribution in [2.24, 2.45) is 0 Å². The summed E-state index contributed by atoms with van der Waals surface area (Å²) < 4.78 is 6.93. The molecule has 1 fully saturated rings. The van der Waals surface area contributed by atoms with Gasteiger partial charge in [0.25, 0.3) is 5.91 Å². The minimum absolute atomic E-state index is 0.0774. The molecular weight excluding hydrogens is 484 g/mol. The zero-order valence-corrected chi connectivity index (χ0v) is 21.4. The molecule has 4 aromatic rings. The van der Waals surface area contributed by atoms with Gasteiger partial charge in [-0.3, -0.25) is 14.0 Å². The van der Waals surface area contributed by atoms with Gasteiger partial charge in [-0.05, 0) is 62.8 Å². The van der Waals surface area contributed by atoms with E-state index in [2.05, 4.69) is 47.4 Å². The number of anilines is 2. The van der Waals surface area contributed by atoms with Crippen molar-refractivity contribution in [3.05, 3.63) is 64.7 Å². The van der Waals surface area contributed by atoms with Crippen LogP contribution in [0.3, 0.4) is 0 Å². The summed E-state index contributed by atoms with van der Waals surface area (Å²) in [7, 11) is 1.46. The Kier molecular flexibility index (Phi) is 6.95. The molecule has 0 aliphatic carbocycles. The minimum Gasteiger partial charge on any atom is -0.479 e. The van der Waals surface area contributed by atoms with Gasteiger partial charge in [0.05, 0.1) is 18.2 Å². The third-order valence-electron chi connectivity index (χ3n) is 6.28. The number of ether oxygens (including phenoxy) is 1. The van der Waals surface area contributed by atoms with Crippen LogP contribution in [0.15, 0.2) is 36.7 Å². The third-order valence-corrected chi connectivity index (χ3v) is 6.28. The summed E-state index contributed by atoms with van der Waals surface area (Å²) in [4.78, 5) is 31.5. The van der Waals surface area contributed by atoms with E-state index in [9.17, 15) is 9.59 Å². The molecule has 0 spiro atoms. The number of nitrogens with zero attached hydrogens (tertiary/aromatic N) is 7. The van der Waals surface area contributed by atoms with E-state index in [1.54, 1.807) is 35.0 Å². The van der Waals surface area contributed by atoms with Crippen molar-refractivity contribution in [2.75, 3.05) is 30.4 Å². The van der Waals surface area contributed by atoms with Gasteiger partial charge in [-0.15, -0.1) is 20.4 Å². The lowest BCUT2D eigenvalue weighted by molar-refractivity contribution is 0.101. The monoisotopic (exact) mass is 510 g/mol. The first-order chi connectivity index (χ1) is 18.4. The smallest absolute Gasteiger partial charge is 0.258 e. The lowest BCUT2D eigenvalue weighted by Crippen LogP contribution is -2.31. The highest BCUT2D eigenvalue weighted by molar-refractivity contribution is 6.03. The van der Waals surface area contributed by atoms with Crippen molar-refractivity contribution in [1.29, 1.82) is 0 Å². The van der Waals surface area contributed by atoms with Crippen molar-refractivity contribution in [3.63, 3.8) is 0 Å². The Labute approximate surface area is 219 Å². The maximum Gasteiger partial charge on any atom is 0.258 e. The van der Waals surface area contributed by atoms with Crippen LogP contribution in [-0.4, -0.2) is 61.7 Å². The number of Topliss-reactive ketones (excluding diaryl/α,β-unsaturated/α-hetero) is 1. The van der Waals surface area contributed by atoms with Gasteiger partial charge in [-0.2, -0.15) is 0 Å². The number of pyridine rings is 2. The number of fused-ring (bicyclic) bond motifs is 1. The van der Waals surface area contributed by atoms with E-state index >= 15 is 0 Å². The molecule has 192 valence electrons. The highest BCUT2D eigenvalue weighted by atomic mass is 16.5. The normalized spacial score (nSPS) is 13.1. The largest absolute Gasteiger partial charge is 0.479 e. The SMILES string of the molecule is COc1nnc(NC(=O)c2cnc(N3CCCCC3)c(C)c2)cc1C#Cc1nnc2ccc(C(C)=O)cn12. The van der Waals surface area contributed by atoms with Crippen molar-refractivity contribution < 1.29 is 14.3 Å². The average molecular weight is 511 g/mol. The van der Waals surface area contributed by atoms with Crippen LogP contribution in [0.1, 0.15) is 63.9 Å². The Bertz CT molecular complexity index is 1600. The quantitative estimate of drug-likeness (QED) is 0.318. The van der Waals surface area contributed by atoms with Gasteiger partial charge in [0.1, 0.15) is 5.82 Å². The van der Waals surface area contributed by atoms with Gasteiger partial charge < -0.3 is 15.0 Å². The van der Waals surface area contributed by atoms with Crippen LogP contribution >= 0.6 is 0 Å². The Morgan fingerprint density at radius 3 is 2.55 bits per heavy atom. The fourth-order valence-corrected chi connectivity index (χ4v) is 4.31. The highest BCUT2D eigenvalue weighted by Crippen LogP contribution is 2.23. The number of hydrogen-bond donors (Lipinski definition) is 1. The van der Waals surface area contributed by atoms with Crippen LogP contribution in [0.4, 0.5) is 11.6 Å². The van der Waals surface area contributed by atoms with Crippen molar-refractivity contribution in [3.8, 4) is 17.7 Å². The molecule has 0 unspecified atom stereocenters. The molecule has 5 heterocycles. The van der Waals surface area contributed by atoms with E-state index in [1.165, 1.54) is 20.5 Å². The molecule has 4 aromatic heterocycles. The molecule has 1 aliphatic heterocycles. The number of rotatable bonds is 5. The number of piperidine rings is 1. The molecule has 38 heavy (non-hydrogen) atoms. The topological polar surface area (TPSA) is 128 Å². The molecule has 1 amide bonds. The van der Waals surface area contributed by atoms with Gasteiger partial charge >= 0.3 is 0 Å². The van der Waals surface area contributed by atoms with Gasteiger partial charge in [-0.25, -0.2) is 4.98 Å². The first-order valence-electron chi connectivity index (χ1n) is 12.3. The second-order valence-electron chi connectivity index (χ2n) is 8.99. The van der Waals surface area contributed by atoms with Crippen LogP contribution in [0.5, 0.6) is 5.88 Å². The number of carbonyl (C=O) groups excluding carboxylic acids is 2. The number of hydrogen-bond acceptors (Lipinski definition) is 9. The van der Waals surface area contributed by atoms with E-state index in [4.69, 9.17) is 4.74 Å². The zero-order chi connectivity index (χ0) is 26.6. The molecule has 0 bridgehead atoms.